The van der Waals surface area contributed by atoms with E-state index in [4.69, 9.17) is 4.74 Å². The maximum absolute atomic E-state index is 6.95. The SMILES string of the molecule is CC1(C)c2ccccc2-c2ccc(-c3ccc4c(c3)C3(c5ccccc5-c5ccccc53)c3ccc5ccccc5c3O4)cc21. The van der Waals surface area contributed by atoms with Gasteiger partial charge in [-0.15, -0.1) is 0 Å². The average Bonchev–Trinajstić information content (AvgIpc) is 3.51. The third-order valence-electron chi connectivity index (χ3n) is 10.7. The number of ether oxygens (including phenoxy) is 1. The number of benzene rings is 7. The molecule has 1 aliphatic heterocycles. The predicted octanol–water partition coefficient (Wildman–Crippen LogP) is 11.3. The van der Waals surface area contributed by atoms with Gasteiger partial charge in [-0.1, -0.05) is 141 Å². The molecule has 1 nitrogen and oxygen atoms in total. The van der Waals surface area contributed by atoms with Crippen LogP contribution in [-0.4, -0.2) is 0 Å². The molecule has 45 heavy (non-hydrogen) atoms. The van der Waals surface area contributed by atoms with Crippen LogP contribution in [0.4, 0.5) is 0 Å². The van der Waals surface area contributed by atoms with Gasteiger partial charge in [0.2, 0.25) is 0 Å². The lowest BCUT2D eigenvalue weighted by Crippen LogP contribution is -2.32. The van der Waals surface area contributed by atoms with Gasteiger partial charge in [0.05, 0.1) is 5.41 Å². The zero-order chi connectivity index (χ0) is 29.9. The van der Waals surface area contributed by atoms with Gasteiger partial charge in [0.15, 0.2) is 0 Å². The monoisotopic (exact) mass is 574 g/mol. The maximum atomic E-state index is 6.95. The van der Waals surface area contributed by atoms with Crippen molar-refractivity contribution in [1.29, 1.82) is 0 Å². The molecule has 2 aliphatic carbocycles. The Kier molecular flexibility index (Phi) is 4.78. The van der Waals surface area contributed by atoms with E-state index in [0.717, 1.165) is 16.9 Å². The fourth-order valence-corrected chi connectivity index (χ4v) is 8.69. The summed E-state index contributed by atoms with van der Waals surface area (Å²) in [5.74, 6) is 1.87. The molecule has 3 aliphatic rings. The molecule has 0 aromatic heterocycles. The molecule has 0 saturated carbocycles. The Bertz CT molecular complexity index is 2340. The number of hydrogen-bond acceptors (Lipinski definition) is 1. The lowest BCUT2D eigenvalue weighted by molar-refractivity contribution is 0.442. The molecule has 1 heteroatoms. The summed E-state index contributed by atoms with van der Waals surface area (Å²) in [7, 11) is 0. The standard InChI is InChI=1S/C44H30O/c1-43(2)35-16-8-5-13-31(35)34-22-19-28(25-39(34)43)29-21-24-41-40(26-29)44(38-23-20-27-11-3-4-12-30(27)42(38)45-41)36-17-9-6-14-32(36)33-15-7-10-18-37(33)44/h3-26H,1-2H3. The van der Waals surface area contributed by atoms with Gasteiger partial charge >= 0.3 is 0 Å². The van der Waals surface area contributed by atoms with Crippen molar-refractivity contribution in [1.82, 2.24) is 0 Å². The number of rotatable bonds is 1. The van der Waals surface area contributed by atoms with Gasteiger partial charge in [0.1, 0.15) is 11.5 Å². The minimum atomic E-state index is -0.498. The summed E-state index contributed by atoms with van der Waals surface area (Å²) >= 11 is 0. The lowest BCUT2D eigenvalue weighted by Gasteiger charge is -2.40. The highest BCUT2D eigenvalue weighted by Gasteiger charge is 2.51. The topological polar surface area (TPSA) is 9.23 Å². The molecular weight excluding hydrogens is 544 g/mol. The Hall–Kier alpha value is -5.40. The van der Waals surface area contributed by atoms with Crippen LogP contribution in [-0.2, 0) is 10.8 Å². The second-order valence-corrected chi connectivity index (χ2v) is 13.2. The van der Waals surface area contributed by atoms with Gasteiger partial charge in [0, 0.05) is 21.9 Å². The summed E-state index contributed by atoms with van der Waals surface area (Å²) < 4.78 is 6.95. The van der Waals surface area contributed by atoms with Gasteiger partial charge in [0.25, 0.3) is 0 Å². The van der Waals surface area contributed by atoms with Crippen LogP contribution < -0.4 is 4.74 Å². The summed E-state index contributed by atoms with van der Waals surface area (Å²) in [6.07, 6.45) is 0. The van der Waals surface area contributed by atoms with Crippen molar-refractivity contribution in [3.8, 4) is 44.9 Å². The first-order valence-corrected chi connectivity index (χ1v) is 15.9. The third kappa shape index (κ3) is 3.08. The van der Waals surface area contributed by atoms with Crippen LogP contribution in [0.15, 0.2) is 146 Å². The summed E-state index contributed by atoms with van der Waals surface area (Å²) in [6.45, 7) is 4.70. The van der Waals surface area contributed by atoms with Crippen LogP contribution in [0.2, 0.25) is 0 Å². The van der Waals surface area contributed by atoms with Crippen molar-refractivity contribution in [3.05, 3.63) is 179 Å². The van der Waals surface area contributed by atoms with E-state index in [1.165, 1.54) is 72.1 Å². The van der Waals surface area contributed by atoms with E-state index in [9.17, 15) is 0 Å². The Morgan fingerprint density at radius 3 is 1.71 bits per heavy atom. The Morgan fingerprint density at radius 2 is 0.978 bits per heavy atom. The van der Waals surface area contributed by atoms with E-state index in [0.29, 0.717) is 0 Å². The maximum Gasteiger partial charge on any atom is 0.140 e. The average molecular weight is 575 g/mol. The molecule has 7 aromatic rings. The van der Waals surface area contributed by atoms with Crippen molar-refractivity contribution < 1.29 is 4.74 Å². The first kappa shape index (κ1) is 25.0. The molecule has 0 unspecified atom stereocenters. The molecule has 0 saturated heterocycles. The van der Waals surface area contributed by atoms with Crippen LogP contribution in [0.3, 0.4) is 0 Å². The van der Waals surface area contributed by atoms with Crippen molar-refractivity contribution >= 4 is 10.8 Å². The van der Waals surface area contributed by atoms with E-state index in [1.807, 2.05) is 0 Å². The highest BCUT2D eigenvalue weighted by molar-refractivity contribution is 5.96. The molecule has 0 amide bonds. The molecular formula is C44H30O. The van der Waals surface area contributed by atoms with E-state index in [2.05, 4.69) is 159 Å². The van der Waals surface area contributed by atoms with Crippen molar-refractivity contribution in [2.45, 2.75) is 24.7 Å². The molecule has 1 heterocycles. The number of fused-ring (bicyclic) bond motifs is 14. The molecule has 0 radical (unpaired) electrons. The fourth-order valence-electron chi connectivity index (χ4n) is 8.69. The highest BCUT2D eigenvalue weighted by Crippen LogP contribution is 2.63. The molecule has 0 fully saturated rings. The normalized spacial score (nSPS) is 15.4. The van der Waals surface area contributed by atoms with Crippen LogP contribution in [0, 0.1) is 0 Å². The third-order valence-corrected chi connectivity index (χ3v) is 10.7. The summed E-state index contributed by atoms with van der Waals surface area (Å²) in [6, 6.07) is 53.8. The minimum absolute atomic E-state index is 0.0518. The van der Waals surface area contributed by atoms with E-state index < -0.39 is 5.41 Å². The second-order valence-electron chi connectivity index (χ2n) is 13.2. The van der Waals surface area contributed by atoms with Gasteiger partial charge < -0.3 is 4.74 Å². The Morgan fingerprint density at radius 1 is 0.422 bits per heavy atom. The highest BCUT2D eigenvalue weighted by atomic mass is 16.5. The van der Waals surface area contributed by atoms with Crippen LogP contribution in [0.25, 0.3) is 44.2 Å². The van der Waals surface area contributed by atoms with Gasteiger partial charge in [-0.3, -0.25) is 0 Å². The van der Waals surface area contributed by atoms with Crippen LogP contribution in [0.5, 0.6) is 11.5 Å². The quantitative estimate of drug-likeness (QED) is 0.189. The van der Waals surface area contributed by atoms with Crippen molar-refractivity contribution in [2.75, 3.05) is 0 Å². The molecule has 10 rings (SSSR count). The zero-order valence-electron chi connectivity index (χ0n) is 25.3. The predicted molar refractivity (Wildman–Crippen MR) is 184 cm³/mol. The molecule has 7 aromatic carbocycles. The summed E-state index contributed by atoms with van der Waals surface area (Å²) in [4.78, 5) is 0. The van der Waals surface area contributed by atoms with Crippen molar-refractivity contribution in [2.24, 2.45) is 0 Å². The lowest BCUT2D eigenvalue weighted by atomic mass is 9.65. The first-order chi connectivity index (χ1) is 22.1. The Balaban J connectivity index is 1.26. The summed E-state index contributed by atoms with van der Waals surface area (Å²) in [5, 5.41) is 2.33. The van der Waals surface area contributed by atoms with Gasteiger partial charge in [-0.05, 0) is 79.2 Å². The van der Waals surface area contributed by atoms with Crippen molar-refractivity contribution in [3.63, 3.8) is 0 Å². The van der Waals surface area contributed by atoms with E-state index in [-0.39, 0.29) is 5.41 Å². The van der Waals surface area contributed by atoms with E-state index >= 15 is 0 Å². The molecule has 212 valence electrons. The first-order valence-electron chi connectivity index (χ1n) is 15.9. The fraction of sp³-hybridized carbons (Fsp3) is 0.0909. The Labute approximate surface area is 263 Å². The largest absolute Gasteiger partial charge is 0.456 e. The van der Waals surface area contributed by atoms with Gasteiger partial charge in [-0.25, -0.2) is 0 Å². The summed E-state index contributed by atoms with van der Waals surface area (Å²) in [5.41, 5.74) is 15.0. The van der Waals surface area contributed by atoms with Gasteiger partial charge in [-0.2, -0.15) is 0 Å². The molecule has 0 N–H and O–H groups in total. The minimum Gasteiger partial charge on any atom is -0.456 e. The molecule has 0 atom stereocenters. The molecule has 0 bridgehead atoms. The smallest absolute Gasteiger partial charge is 0.140 e. The zero-order valence-corrected chi connectivity index (χ0v) is 25.3. The van der Waals surface area contributed by atoms with E-state index in [1.54, 1.807) is 0 Å². The van der Waals surface area contributed by atoms with Crippen LogP contribution >= 0.6 is 0 Å². The second kappa shape index (κ2) is 8.61. The number of hydrogen-bond donors (Lipinski definition) is 0. The molecule has 1 spiro atoms. The van der Waals surface area contributed by atoms with Crippen LogP contribution in [0.1, 0.15) is 47.2 Å².